The van der Waals surface area contributed by atoms with Gasteiger partial charge in [0.25, 0.3) is 0 Å². The van der Waals surface area contributed by atoms with Gasteiger partial charge in [0.05, 0.1) is 6.04 Å². The van der Waals surface area contributed by atoms with Crippen LogP contribution < -0.4 is 16.4 Å². The Balaban J connectivity index is 3.25. The molecule has 1 unspecified atom stereocenters. The second-order valence-corrected chi connectivity index (χ2v) is 3.56. The summed E-state index contributed by atoms with van der Waals surface area (Å²) in [7, 11) is 1.63. The number of unbranched alkanes of at least 4 members (excludes halogenated alkanes) is 2. The Kier molecular flexibility index (Phi) is 7.62. The fourth-order valence-electron chi connectivity index (χ4n) is 1.08. The first-order valence-electron chi connectivity index (χ1n) is 5.31. The summed E-state index contributed by atoms with van der Waals surface area (Å²) >= 11 is 0. The molecule has 88 valence electrons. The van der Waals surface area contributed by atoms with Gasteiger partial charge in [0.1, 0.15) is 0 Å². The van der Waals surface area contributed by atoms with Crippen LogP contribution in [0.5, 0.6) is 0 Å². The molecule has 0 aromatic heterocycles. The molecule has 1 atom stereocenters. The lowest BCUT2D eigenvalue weighted by atomic mass is 10.2. The highest BCUT2D eigenvalue weighted by Gasteiger charge is 2.05. The first-order valence-corrected chi connectivity index (χ1v) is 5.31. The van der Waals surface area contributed by atoms with Crippen LogP contribution in [-0.4, -0.2) is 31.4 Å². The molecule has 15 heavy (non-hydrogen) atoms. The number of hydrogen-bond acceptors (Lipinski definition) is 3. The van der Waals surface area contributed by atoms with Gasteiger partial charge < -0.3 is 16.4 Å². The largest absolute Gasteiger partial charge is 0.359 e. The van der Waals surface area contributed by atoms with Crippen LogP contribution >= 0.6 is 0 Å². The molecule has 0 aliphatic carbocycles. The van der Waals surface area contributed by atoms with Crippen LogP contribution in [-0.2, 0) is 9.59 Å². The van der Waals surface area contributed by atoms with Crippen LogP contribution in [0.15, 0.2) is 0 Å². The van der Waals surface area contributed by atoms with Gasteiger partial charge in [-0.2, -0.15) is 0 Å². The summed E-state index contributed by atoms with van der Waals surface area (Å²) in [4.78, 5) is 21.9. The SMILES string of the molecule is CNC(=O)CCCCCNC(=O)C(C)N. The molecular formula is C10H21N3O2. The molecule has 0 radical (unpaired) electrons. The van der Waals surface area contributed by atoms with Crippen molar-refractivity contribution in [2.75, 3.05) is 13.6 Å². The molecular weight excluding hydrogens is 194 g/mol. The lowest BCUT2D eigenvalue weighted by molar-refractivity contribution is -0.122. The number of carbonyl (C=O) groups excluding carboxylic acids is 2. The lowest BCUT2D eigenvalue weighted by Gasteiger charge is -2.07. The third-order valence-electron chi connectivity index (χ3n) is 2.07. The molecule has 5 nitrogen and oxygen atoms in total. The summed E-state index contributed by atoms with van der Waals surface area (Å²) in [6.45, 7) is 2.29. The van der Waals surface area contributed by atoms with Gasteiger partial charge in [0.2, 0.25) is 11.8 Å². The lowest BCUT2D eigenvalue weighted by Crippen LogP contribution is -2.38. The van der Waals surface area contributed by atoms with Gasteiger partial charge in [-0.1, -0.05) is 6.42 Å². The molecule has 0 aromatic carbocycles. The van der Waals surface area contributed by atoms with Crippen LogP contribution in [0.4, 0.5) is 0 Å². The Morgan fingerprint density at radius 2 is 1.93 bits per heavy atom. The van der Waals surface area contributed by atoms with Crippen molar-refractivity contribution in [3.05, 3.63) is 0 Å². The van der Waals surface area contributed by atoms with Crippen molar-refractivity contribution < 1.29 is 9.59 Å². The van der Waals surface area contributed by atoms with E-state index in [9.17, 15) is 9.59 Å². The van der Waals surface area contributed by atoms with Crippen LogP contribution in [0.2, 0.25) is 0 Å². The maximum absolute atomic E-state index is 11.0. The van der Waals surface area contributed by atoms with Gasteiger partial charge in [0.15, 0.2) is 0 Å². The van der Waals surface area contributed by atoms with Crippen molar-refractivity contribution in [3.63, 3.8) is 0 Å². The quantitative estimate of drug-likeness (QED) is 0.512. The van der Waals surface area contributed by atoms with E-state index in [1.807, 2.05) is 0 Å². The Morgan fingerprint density at radius 3 is 2.47 bits per heavy atom. The van der Waals surface area contributed by atoms with E-state index in [0.717, 1.165) is 19.3 Å². The highest BCUT2D eigenvalue weighted by molar-refractivity contribution is 5.80. The van der Waals surface area contributed by atoms with Crippen LogP contribution in [0, 0.1) is 0 Å². The standard InChI is InChI=1S/C10H21N3O2/c1-8(11)10(15)13-7-5-3-4-6-9(14)12-2/h8H,3-7,11H2,1-2H3,(H,12,14)(H,13,15). The molecule has 0 aliphatic rings. The third kappa shape index (κ3) is 7.93. The van der Waals surface area contributed by atoms with Crippen LogP contribution in [0.25, 0.3) is 0 Å². The molecule has 0 aliphatic heterocycles. The Morgan fingerprint density at radius 1 is 1.27 bits per heavy atom. The van der Waals surface area contributed by atoms with Crippen molar-refractivity contribution in [1.29, 1.82) is 0 Å². The van der Waals surface area contributed by atoms with E-state index in [4.69, 9.17) is 5.73 Å². The average Bonchev–Trinajstić information content (AvgIpc) is 2.22. The van der Waals surface area contributed by atoms with Crippen molar-refractivity contribution in [2.24, 2.45) is 5.73 Å². The molecule has 0 rings (SSSR count). The third-order valence-corrected chi connectivity index (χ3v) is 2.07. The maximum Gasteiger partial charge on any atom is 0.236 e. The summed E-state index contributed by atoms with van der Waals surface area (Å²) in [6, 6.07) is -0.448. The summed E-state index contributed by atoms with van der Waals surface area (Å²) in [5, 5.41) is 5.28. The molecule has 2 amide bonds. The summed E-state index contributed by atoms with van der Waals surface area (Å²) < 4.78 is 0. The maximum atomic E-state index is 11.0. The van der Waals surface area contributed by atoms with Gasteiger partial charge in [-0.15, -0.1) is 0 Å². The monoisotopic (exact) mass is 215 g/mol. The van der Waals surface area contributed by atoms with E-state index in [1.54, 1.807) is 14.0 Å². The molecule has 0 spiro atoms. The van der Waals surface area contributed by atoms with Gasteiger partial charge >= 0.3 is 0 Å². The first kappa shape index (κ1) is 13.9. The number of amides is 2. The fraction of sp³-hybridized carbons (Fsp3) is 0.800. The molecule has 0 saturated heterocycles. The Bertz CT molecular complexity index is 205. The van der Waals surface area contributed by atoms with Crippen molar-refractivity contribution in [1.82, 2.24) is 10.6 Å². The van der Waals surface area contributed by atoms with E-state index in [2.05, 4.69) is 10.6 Å². The molecule has 5 heteroatoms. The Labute approximate surface area is 90.8 Å². The zero-order valence-electron chi connectivity index (χ0n) is 9.51. The van der Waals surface area contributed by atoms with E-state index < -0.39 is 6.04 Å². The van der Waals surface area contributed by atoms with E-state index >= 15 is 0 Å². The van der Waals surface area contributed by atoms with Crippen LogP contribution in [0.1, 0.15) is 32.6 Å². The highest BCUT2D eigenvalue weighted by Crippen LogP contribution is 1.98. The van der Waals surface area contributed by atoms with Crippen LogP contribution in [0.3, 0.4) is 0 Å². The summed E-state index contributed by atoms with van der Waals surface area (Å²) in [5.74, 6) is -0.0593. The summed E-state index contributed by atoms with van der Waals surface area (Å²) in [5.41, 5.74) is 5.37. The van der Waals surface area contributed by atoms with Gasteiger partial charge in [-0.05, 0) is 19.8 Å². The molecule has 4 N–H and O–H groups in total. The van der Waals surface area contributed by atoms with Gasteiger partial charge in [-0.3, -0.25) is 9.59 Å². The van der Waals surface area contributed by atoms with E-state index in [0.29, 0.717) is 13.0 Å². The second kappa shape index (κ2) is 8.23. The second-order valence-electron chi connectivity index (χ2n) is 3.56. The minimum Gasteiger partial charge on any atom is -0.359 e. The zero-order chi connectivity index (χ0) is 11.7. The van der Waals surface area contributed by atoms with Crippen molar-refractivity contribution in [2.45, 2.75) is 38.6 Å². The molecule has 0 aromatic rings. The molecule has 0 saturated carbocycles. The normalized spacial score (nSPS) is 11.9. The zero-order valence-corrected chi connectivity index (χ0v) is 9.51. The molecule has 0 heterocycles. The molecule has 0 fully saturated rings. The minimum atomic E-state index is -0.448. The number of rotatable bonds is 7. The highest BCUT2D eigenvalue weighted by atomic mass is 16.2. The molecule has 0 bridgehead atoms. The first-order chi connectivity index (χ1) is 7.07. The minimum absolute atomic E-state index is 0.0645. The Hall–Kier alpha value is -1.10. The summed E-state index contributed by atoms with van der Waals surface area (Å²) in [6.07, 6.45) is 3.23. The smallest absolute Gasteiger partial charge is 0.236 e. The van der Waals surface area contributed by atoms with E-state index in [-0.39, 0.29) is 11.8 Å². The number of carbonyl (C=O) groups is 2. The van der Waals surface area contributed by atoms with Gasteiger partial charge in [0, 0.05) is 20.0 Å². The average molecular weight is 215 g/mol. The predicted octanol–water partition coefficient (Wildman–Crippen LogP) is -0.244. The number of nitrogens with two attached hydrogens (primary N) is 1. The topological polar surface area (TPSA) is 84.2 Å². The van der Waals surface area contributed by atoms with Crippen molar-refractivity contribution >= 4 is 11.8 Å². The van der Waals surface area contributed by atoms with Crippen molar-refractivity contribution in [3.8, 4) is 0 Å². The predicted molar refractivity (Wildman–Crippen MR) is 59.2 cm³/mol. The number of hydrogen-bond donors (Lipinski definition) is 3. The number of nitrogens with one attached hydrogen (secondary N) is 2. The van der Waals surface area contributed by atoms with E-state index in [1.165, 1.54) is 0 Å². The fourth-order valence-corrected chi connectivity index (χ4v) is 1.08. The van der Waals surface area contributed by atoms with Gasteiger partial charge in [-0.25, -0.2) is 0 Å².